The van der Waals surface area contributed by atoms with Crippen LogP contribution >= 0.6 is 0 Å². The predicted molar refractivity (Wildman–Crippen MR) is 132 cm³/mol. The molecule has 5 rings (SSSR count). The first-order valence-electron chi connectivity index (χ1n) is 11.3. The zero-order valence-electron chi connectivity index (χ0n) is 19.1. The first-order chi connectivity index (χ1) is 17.3. The lowest BCUT2D eigenvalue weighted by atomic mass is 10.0. The quantitative estimate of drug-likeness (QED) is 0.330. The summed E-state index contributed by atoms with van der Waals surface area (Å²) in [5, 5.41) is 18.9. The monoisotopic (exact) mass is 506 g/mol. The third-order valence-corrected chi connectivity index (χ3v) is 7.89. The molecular weight excluding hydrogens is 484 g/mol. The lowest BCUT2D eigenvalue weighted by Crippen LogP contribution is -2.39. The summed E-state index contributed by atoms with van der Waals surface area (Å²) >= 11 is 0. The normalized spacial score (nSPS) is 15.3. The number of rotatable bonds is 3. The number of benzene rings is 2. The highest BCUT2D eigenvalue weighted by Gasteiger charge is 2.32. The van der Waals surface area contributed by atoms with Gasteiger partial charge in [-0.25, -0.2) is 17.9 Å². The van der Waals surface area contributed by atoms with Gasteiger partial charge in [-0.2, -0.15) is 9.40 Å². The average Bonchev–Trinajstić information content (AvgIpc) is 3.30. The summed E-state index contributed by atoms with van der Waals surface area (Å²) in [4.78, 5) is 27.8. The highest BCUT2D eigenvalue weighted by molar-refractivity contribution is 7.89. The van der Waals surface area contributed by atoms with E-state index in [2.05, 4.69) is 15.4 Å². The molecule has 2 aromatic carbocycles. The van der Waals surface area contributed by atoms with Crippen LogP contribution in [0.2, 0.25) is 0 Å². The summed E-state index contributed by atoms with van der Waals surface area (Å²) in [6.07, 6.45) is 4.02. The minimum atomic E-state index is -4.33. The molecule has 11 nitrogen and oxygen atoms in total. The van der Waals surface area contributed by atoms with E-state index in [0.29, 0.717) is 17.9 Å². The molecule has 0 spiro atoms. The van der Waals surface area contributed by atoms with Gasteiger partial charge in [0.1, 0.15) is 11.6 Å². The summed E-state index contributed by atoms with van der Waals surface area (Å²) in [7, 11) is -4.33. The molecule has 1 aliphatic rings. The number of aryl methyl sites for hydroxylation is 1. The van der Waals surface area contributed by atoms with Crippen molar-refractivity contribution in [1.29, 1.82) is 0 Å². The molecule has 0 aliphatic carbocycles. The molecule has 4 bridgehead atoms. The van der Waals surface area contributed by atoms with Crippen LogP contribution in [0, 0.1) is 10.1 Å². The molecule has 0 saturated heterocycles. The molecule has 0 atom stereocenters. The fraction of sp³-hybridized carbons (Fsp3) is 0.208. The van der Waals surface area contributed by atoms with Crippen molar-refractivity contribution in [2.45, 2.75) is 17.7 Å². The number of para-hydroxylation sites is 1. The highest BCUT2D eigenvalue weighted by atomic mass is 32.2. The summed E-state index contributed by atoms with van der Waals surface area (Å²) < 4.78 is 29.6. The molecule has 0 saturated carbocycles. The number of fused-ring (bicyclic) bond motifs is 4. The maximum Gasteiger partial charge on any atom is 0.289 e. The number of nitrogens with zero attached hydrogens (tertiary/aromatic N) is 5. The van der Waals surface area contributed by atoms with Gasteiger partial charge in [-0.05, 0) is 29.7 Å². The number of aromatic nitrogens is 3. The Labute approximate surface area is 206 Å². The van der Waals surface area contributed by atoms with Crippen LogP contribution in [0.3, 0.4) is 0 Å². The van der Waals surface area contributed by atoms with Crippen LogP contribution in [0.5, 0.6) is 0 Å². The Hall–Kier alpha value is -4.16. The molecule has 0 fully saturated rings. The average molecular weight is 507 g/mol. The summed E-state index contributed by atoms with van der Waals surface area (Å²) in [6.45, 7) is -0.354. The van der Waals surface area contributed by atoms with Gasteiger partial charge >= 0.3 is 0 Å². The summed E-state index contributed by atoms with van der Waals surface area (Å²) in [5.74, 6) is 0.216. The first kappa shape index (κ1) is 23.6. The van der Waals surface area contributed by atoms with Gasteiger partial charge in [0.15, 0.2) is 10.5 Å². The fourth-order valence-corrected chi connectivity index (χ4v) is 5.76. The number of Topliss-reactive ketones (excluding diaryl/α,β-unsaturated/α-hetero) is 1. The first-order valence-corrected chi connectivity index (χ1v) is 12.7. The van der Waals surface area contributed by atoms with E-state index in [0.717, 1.165) is 27.1 Å². The Bertz CT molecular complexity index is 1580. The Morgan fingerprint density at radius 3 is 2.72 bits per heavy atom. The molecule has 4 aromatic rings. The minimum Gasteiger partial charge on any atom is -0.369 e. The van der Waals surface area contributed by atoms with Crippen molar-refractivity contribution >= 4 is 33.0 Å². The second-order valence-electron chi connectivity index (χ2n) is 8.37. The molecule has 0 amide bonds. The van der Waals surface area contributed by atoms with Crippen LogP contribution in [0.4, 0.5) is 11.5 Å². The van der Waals surface area contributed by atoms with Gasteiger partial charge in [0.25, 0.3) is 5.69 Å². The number of anilines is 1. The minimum absolute atomic E-state index is 0.0904. The van der Waals surface area contributed by atoms with E-state index in [1.165, 1.54) is 18.2 Å². The van der Waals surface area contributed by atoms with Crippen LogP contribution in [0.15, 0.2) is 71.9 Å². The van der Waals surface area contributed by atoms with Crippen LogP contribution in [0.25, 0.3) is 16.8 Å². The standard InChI is InChI=1S/C24H22N6O5S/c31-19-9-8-17-4-3-5-18(14-17)20-15-26-29-12-10-23(27-24(20)29)25-11-13-28(16-19)36(34,35)22-7-2-1-6-21(22)30(32)33/h1-7,10,12,14-15H,8-9,11,13,16H2,(H,25,27). The number of carbonyl (C=O) groups excluding carboxylic acids is 1. The van der Waals surface area contributed by atoms with Crippen molar-refractivity contribution in [2.75, 3.05) is 25.0 Å². The van der Waals surface area contributed by atoms with Gasteiger partial charge in [0.2, 0.25) is 10.0 Å². The maximum atomic E-state index is 13.5. The summed E-state index contributed by atoms with van der Waals surface area (Å²) in [5.41, 5.74) is 2.76. The van der Waals surface area contributed by atoms with Crippen molar-refractivity contribution in [2.24, 2.45) is 0 Å². The lowest BCUT2D eigenvalue weighted by Gasteiger charge is -2.22. The van der Waals surface area contributed by atoms with E-state index in [1.807, 2.05) is 24.3 Å². The second-order valence-corrected chi connectivity index (χ2v) is 10.3. The number of hydrogen-bond acceptors (Lipinski definition) is 8. The Kier molecular flexibility index (Phi) is 6.20. The smallest absolute Gasteiger partial charge is 0.289 e. The third kappa shape index (κ3) is 4.55. The highest BCUT2D eigenvalue weighted by Crippen LogP contribution is 2.28. The van der Waals surface area contributed by atoms with Gasteiger partial charge in [-0.1, -0.05) is 36.4 Å². The Morgan fingerprint density at radius 2 is 1.89 bits per heavy atom. The van der Waals surface area contributed by atoms with Crippen LogP contribution in [-0.2, 0) is 21.2 Å². The van der Waals surface area contributed by atoms with Crippen molar-refractivity contribution in [3.63, 3.8) is 0 Å². The largest absolute Gasteiger partial charge is 0.369 e. The zero-order chi connectivity index (χ0) is 25.3. The van der Waals surface area contributed by atoms with Gasteiger partial charge < -0.3 is 5.32 Å². The molecule has 2 aromatic heterocycles. The maximum absolute atomic E-state index is 13.5. The van der Waals surface area contributed by atoms with E-state index in [1.54, 1.807) is 23.0 Å². The third-order valence-electron chi connectivity index (χ3n) is 6.00. The van der Waals surface area contributed by atoms with Crippen LogP contribution in [0.1, 0.15) is 12.0 Å². The van der Waals surface area contributed by atoms with E-state index < -0.39 is 32.1 Å². The van der Waals surface area contributed by atoms with E-state index in [-0.39, 0.29) is 25.3 Å². The number of hydrogen-bond donors (Lipinski definition) is 1. The Balaban J connectivity index is 1.53. The number of nitro groups is 1. The summed E-state index contributed by atoms with van der Waals surface area (Å²) in [6, 6.07) is 14.6. The molecule has 0 radical (unpaired) electrons. The topological polar surface area (TPSA) is 140 Å². The fourth-order valence-electron chi connectivity index (χ4n) is 4.18. The number of ketones is 1. The molecule has 1 N–H and O–H groups in total. The van der Waals surface area contributed by atoms with Crippen molar-refractivity contribution in [3.05, 3.63) is 82.7 Å². The molecule has 0 unspecified atom stereocenters. The number of sulfonamides is 1. The molecule has 12 heteroatoms. The van der Waals surface area contributed by atoms with Gasteiger partial charge in [-0.15, -0.1) is 0 Å². The van der Waals surface area contributed by atoms with E-state index in [9.17, 15) is 23.3 Å². The van der Waals surface area contributed by atoms with Crippen LogP contribution in [-0.4, -0.2) is 57.7 Å². The molecule has 36 heavy (non-hydrogen) atoms. The zero-order valence-corrected chi connectivity index (χ0v) is 19.9. The van der Waals surface area contributed by atoms with E-state index >= 15 is 0 Å². The van der Waals surface area contributed by atoms with E-state index in [4.69, 9.17) is 0 Å². The molecule has 184 valence electrons. The van der Waals surface area contributed by atoms with Crippen molar-refractivity contribution in [1.82, 2.24) is 18.9 Å². The lowest BCUT2D eigenvalue weighted by molar-refractivity contribution is -0.387. The molecular formula is C24H22N6O5S. The number of nitro benzene ring substituents is 1. The Morgan fingerprint density at radius 1 is 1.06 bits per heavy atom. The van der Waals surface area contributed by atoms with Gasteiger partial charge in [0.05, 0.1) is 17.7 Å². The van der Waals surface area contributed by atoms with Gasteiger partial charge in [0, 0.05) is 37.3 Å². The van der Waals surface area contributed by atoms with Crippen LogP contribution < -0.4 is 5.32 Å². The van der Waals surface area contributed by atoms with Gasteiger partial charge in [-0.3, -0.25) is 14.9 Å². The number of nitrogens with one attached hydrogen (secondary N) is 1. The van der Waals surface area contributed by atoms with Crippen molar-refractivity contribution < 1.29 is 18.1 Å². The second kappa shape index (κ2) is 9.47. The predicted octanol–water partition coefficient (Wildman–Crippen LogP) is 2.92. The number of carbonyl (C=O) groups is 1. The molecule has 3 heterocycles. The van der Waals surface area contributed by atoms with Crippen molar-refractivity contribution in [3.8, 4) is 11.1 Å². The SMILES string of the molecule is O=C1CCc2cccc(c2)-c2cnn3ccc(nc23)NCCN(S(=O)(=O)c2ccccc2[N+](=O)[O-])C1. The molecule has 1 aliphatic heterocycles.